The van der Waals surface area contributed by atoms with E-state index in [2.05, 4.69) is 53.5 Å². The lowest BCUT2D eigenvalue weighted by atomic mass is 9.98. The SMILES string of the molecule is CCC(=O)/N=C/C(C(=O)N1CCC[C@H]1c1ncc(-c2ccc(-c3ccc(-c4cnc(C5CCCN5C(=O)Cc5ccccc5)s4)cc3)cc2)s1)c1ccccc1. The van der Waals surface area contributed by atoms with Gasteiger partial charge in [0.15, 0.2) is 0 Å². The Morgan fingerprint density at radius 3 is 1.75 bits per heavy atom. The summed E-state index contributed by atoms with van der Waals surface area (Å²) in [6, 6.07) is 36.6. The van der Waals surface area contributed by atoms with Crippen LogP contribution in [0.5, 0.6) is 0 Å². The Balaban J connectivity index is 0.923. The molecule has 0 N–H and O–H groups in total. The number of likely N-dealkylation sites (tertiary alicyclic amines) is 2. The first kappa shape index (κ1) is 37.3. The maximum atomic E-state index is 14.0. The summed E-state index contributed by atoms with van der Waals surface area (Å²) in [5, 5.41) is 1.92. The number of carbonyl (C=O) groups excluding carboxylic acids is 3. The number of hydrogen-bond acceptors (Lipinski definition) is 7. The van der Waals surface area contributed by atoms with Crippen LogP contribution in [0, 0.1) is 0 Å². The average Bonchev–Trinajstić information content (AvgIpc) is 4.09. The molecule has 0 bridgehead atoms. The van der Waals surface area contributed by atoms with Crippen molar-refractivity contribution in [3.05, 3.63) is 143 Å². The van der Waals surface area contributed by atoms with Crippen LogP contribution in [0.25, 0.3) is 32.0 Å². The fraction of sp³-hybridized carbons (Fsp3) is 0.261. The van der Waals surface area contributed by atoms with E-state index >= 15 is 0 Å². The van der Waals surface area contributed by atoms with Crippen molar-refractivity contribution in [1.82, 2.24) is 19.8 Å². The first-order chi connectivity index (χ1) is 27.4. The van der Waals surface area contributed by atoms with E-state index in [1.807, 2.05) is 82.9 Å². The van der Waals surface area contributed by atoms with E-state index in [-0.39, 0.29) is 29.8 Å². The van der Waals surface area contributed by atoms with Crippen molar-refractivity contribution >= 4 is 46.6 Å². The number of thiazole rings is 2. The van der Waals surface area contributed by atoms with E-state index < -0.39 is 5.92 Å². The lowest BCUT2D eigenvalue weighted by Gasteiger charge is -2.26. The molecule has 282 valence electrons. The second kappa shape index (κ2) is 17.1. The number of aromatic nitrogens is 2. The van der Waals surface area contributed by atoms with Gasteiger partial charge >= 0.3 is 0 Å². The van der Waals surface area contributed by atoms with Crippen molar-refractivity contribution in [3.63, 3.8) is 0 Å². The van der Waals surface area contributed by atoms with Gasteiger partial charge in [-0.3, -0.25) is 14.4 Å². The van der Waals surface area contributed by atoms with Crippen LogP contribution in [-0.4, -0.2) is 56.8 Å². The third kappa shape index (κ3) is 8.17. The van der Waals surface area contributed by atoms with Crippen molar-refractivity contribution in [2.75, 3.05) is 13.1 Å². The normalized spacial score (nSPS) is 17.4. The Morgan fingerprint density at radius 2 is 1.20 bits per heavy atom. The minimum absolute atomic E-state index is 0.0346. The average molecular weight is 778 g/mol. The summed E-state index contributed by atoms with van der Waals surface area (Å²) >= 11 is 3.31. The van der Waals surface area contributed by atoms with E-state index in [1.165, 1.54) is 6.21 Å². The maximum absolute atomic E-state index is 14.0. The molecule has 2 saturated heterocycles. The van der Waals surface area contributed by atoms with Crippen molar-refractivity contribution in [2.45, 2.75) is 63.5 Å². The summed E-state index contributed by atoms with van der Waals surface area (Å²) in [4.78, 5) is 59.1. The van der Waals surface area contributed by atoms with E-state index in [0.29, 0.717) is 19.4 Å². The van der Waals surface area contributed by atoms with Gasteiger partial charge in [0.1, 0.15) is 10.0 Å². The molecule has 8 nitrogen and oxygen atoms in total. The summed E-state index contributed by atoms with van der Waals surface area (Å²) in [5.41, 5.74) is 6.31. The number of rotatable bonds is 11. The third-order valence-corrected chi connectivity index (χ3v) is 13.0. The fourth-order valence-electron chi connectivity index (χ4n) is 7.67. The predicted molar refractivity (Wildman–Crippen MR) is 225 cm³/mol. The van der Waals surface area contributed by atoms with E-state index in [4.69, 9.17) is 9.97 Å². The molecule has 4 heterocycles. The lowest BCUT2D eigenvalue weighted by Crippen LogP contribution is -2.35. The van der Waals surface area contributed by atoms with Crippen LogP contribution in [0.3, 0.4) is 0 Å². The van der Waals surface area contributed by atoms with Gasteiger partial charge < -0.3 is 9.80 Å². The first-order valence-corrected chi connectivity index (χ1v) is 21.0. The molecule has 2 aliphatic rings. The van der Waals surface area contributed by atoms with Gasteiger partial charge in [-0.05, 0) is 59.1 Å². The van der Waals surface area contributed by atoms with Gasteiger partial charge in [0.2, 0.25) is 17.7 Å². The molecule has 3 atom stereocenters. The molecule has 4 aromatic carbocycles. The minimum atomic E-state index is -0.627. The highest BCUT2D eigenvalue weighted by atomic mass is 32.1. The second-order valence-corrected chi connectivity index (χ2v) is 16.4. The van der Waals surface area contributed by atoms with Crippen molar-refractivity contribution in [2.24, 2.45) is 4.99 Å². The molecule has 6 aromatic rings. The highest BCUT2D eigenvalue weighted by molar-refractivity contribution is 7.15. The number of nitrogens with zero attached hydrogens (tertiary/aromatic N) is 5. The van der Waals surface area contributed by atoms with Gasteiger partial charge in [-0.2, -0.15) is 0 Å². The molecule has 2 aromatic heterocycles. The van der Waals surface area contributed by atoms with Gasteiger partial charge in [0.05, 0.1) is 34.2 Å². The molecule has 0 spiro atoms. The van der Waals surface area contributed by atoms with Crippen LogP contribution in [-0.2, 0) is 20.8 Å². The third-order valence-electron chi connectivity index (χ3n) is 10.7. The first-order valence-electron chi connectivity index (χ1n) is 19.3. The fourth-order valence-corrected chi connectivity index (χ4v) is 9.81. The van der Waals surface area contributed by atoms with Crippen LogP contribution < -0.4 is 0 Å². The van der Waals surface area contributed by atoms with Crippen LogP contribution in [0.2, 0.25) is 0 Å². The summed E-state index contributed by atoms with van der Waals surface area (Å²) in [5.74, 6) is -0.759. The number of hydrogen-bond donors (Lipinski definition) is 0. The number of amides is 3. The largest absolute Gasteiger partial charge is 0.333 e. The molecular formula is C46H43N5O3S2. The van der Waals surface area contributed by atoms with Crippen LogP contribution >= 0.6 is 22.7 Å². The van der Waals surface area contributed by atoms with Gasteiger partial charge in [-0.25, -0.2) is 15.0 Å². The van der Waals surface area contributed by atoms with Crippen molar-refractivity contribution < 1.29 is 14.4 Å². The zero-order valence-corrected chi connectivity index (χ0v) is 32.9. The topological polar surface area (TPSA) is 95.8 Å². The maximum Gasteiger partial charge on any atom is 0.245 e. The zero-order chi connectivity index (χ0) is 38.4. The predicted octanol–water partition coefficient (Wildman–Crippen LogP) is 9.96. The Bertz CT molecular complexity index is 2320. The molecule has 0 aliphatic carbocycles. The number of aliphatic imine (C=N–C) groups is 1. The van der Waals surface area contributed by atoms with E-state index in [0.717, 1.165) is 85.4 Å². The molecule has 2 aliphatic heterocycles. The highest BCUT2D eigenvalue weighted by Crippen LogP contribution is 2.40. The Morgan fingerprint density at radius 1 is 0.696 bits per heavy atom. The molecule has 8 rings (SSSR count). The monoisotopic (exact) mass is 777 g/mol. The Hall–Kier alpha value is -5.58. The lowest BCUT2D eigenvalue weighted by molar-refractivity contribution is -0.132. The smallest absolute Gasteiger partial charge is 0.245 e. The van der Waals surface area contributed by atoms with Gasteiger partial charge in [0, 0.05) is 38.1 Å². The standard InChI is InChI=1S/C46H43N5O3S2/c1-2-42(52)47-28-37(34-13-7-4-8-14-34)46(54)51-26-10-16-39(51)45-49-30-41(56-45)36-23-19-33(20-24-36)32-17-21-35(22-18-32)40-29-48-44(55-40)38-15-9-25-50(38)43(53)27-31-11-5-3-6-12-31/h3-8,11-14,17-24,28-30,37-39H,2,9-10,15-16,25-27H2,1H3/b47-28+/t37?,38?,39-/m0/s1. The van der Waals surface area contributed by atoms with Gasteiger partial charge in [0.25, 0.3) is 0 Å². The van der Waals surface area contributed by atoms with Crippen LogP contribution in [0.4, 0.5) is 0 Å². The van der Waals surface area contributed by atoms with E-state index in [9.17, 15) is 14.4 Å². The second-order valence-electron chi connectivity index (χ2n) is 14.3. The van der Waals surface area contributed by atoms with Crippen LogP contribution in [0.1, 0.15) is 78.2 Å². The molecule has 0 radical (unpaired) electrons. The van der Waals surface area contributed by atoms with Crippen molar-refractivity contribution in [3.8, 4) is 32.0 Å². The number of benzene rings is 4. The summed E-state index contributed by atoms with van der Waals surface area (Å²) in [6.45, 7) is 3.19. The molecule has 2 fully saturated rings. The number of carbonyl (C=O) groups is 3. The molecule has 10 heteroatoms. The summed E-state index contributed by atoms with van der Waals surface area (Å²) in [7, 11) is 0. The summed E-state index contributed by atoms with van der Waals surface area (Å²) < 4.78 is 0. The molecule has 2 unspecified atom stereocenters. The molecule has 3 amide bonds. The zero-order valence-electron chi connectivity index (χ0n) is 31.3. The molecule has 0 saturated carbocycles. The van der Waals surface area contributed by atoms with Crippen molar-refractivity contribution in [1.29, 1.82) is 0 Å². The minimum Gasteiger partial charge on any atom is -0.333 e. The van der Waals surface area contributed by atoms with Gasteiger partial charge in [-0.1, -0.05) is 116 Å². The molecule has 56 heavy (non-hydrogen) atoms. The Kier molecular flexibility index (Phi) is 11.4. The van der Waals surface area contributed by atoms with Gasteiger partial charge in [-0.15, -0.1) is 22.7 Å². The molecular weight excluding hydrogens is 735 g/mol. The highest BCUT2D eigenvalue weighted by Gasteiger charge is 2.36. The summed E-state index contributed by atoms with van der Waals surface area (Å²) in [6.07, 6.45) is 9.75. The Labute approximate surface area is 335 Å². The van der Waals surface area contributed by atoms with Crippen LogP contribution in [0.15, 0.2) is 127 Å². The van der Waals surface area contributed by atoms with E-state index in [1.54, 1.807) is 29.6 Å². The quantitative estimate of drug-likeness (QED) is 0.122.